The number of carboxylic acids is 1. The number of halogens is 1. The zero-order chi connectivity index (χ0) is 54.6. The van der Waals surface area contributed by atoms with Crippen LogP contribution in [0.4, 0.5) is 0 Å². The fraction of sp³-hybridized carbons (Fsp3) is 0.328. The number of fused-ring (bicyclic) bond motifs is 2. The zero-order valence-corrected chi connectivity index (χ0v) is 45.2. The van der Waals surface area contributed by atoms with Gasteiger partial charge in [-0.25, -0.2) is 0 Å². The van der Waals surface area contributed by atoms with Crippen LogP contribution in [-0.2, 0) is 32.6 Å². The summed E-state index contributed by atoms with van der Waals surface area (Å²) in [4.78, 5) is 37.8. The van der Waals surface area contributed by atoms with Crippen molar-refractivity contribution in [3.05, 3.63) is 202 Å². The van der Waals surface area contributed by atoms with E-state index >= 15 is 0 Å². The van der Waals surface area contributed by atoms with Crippen molar-refractivity contribution in [3.8, 4) is 34.3 Å². The number of carbonyl (C=O) groups excluding carboxylic acids is 2. The molecule has 0 bridgehead atoms. The van der Waals surface area contributed by atoms with Gasteiger partial charge >= 0.3 is 5.97 Å². The Kier molecular flexibility index (Phi) is 18.2. The van der Waals surface area contributed by atoms with E-state index in [0.29, 0.717) is 42.4 Å². The molecule has 13 nitrogen and oxygen atoms in total. The number of amides is 2. The summed E-state index contributed by atoms with van der Waals surface area (Å²) in [7, 11) is 4.79. The van der Waals surface area contributed by atoms with Crippen LogP contribution >= 0.6 is 11.6 Å². The van der Waals surface area contributed by atoms with Crippen LogP contribution in [0, 0.1) is 5.92 Å². The summed E-state index contributed by atoms with van der Waals surface area (Å²) in [6, 6.07) is 51.8. The van der Waals surface area contributed by atoms with Crippen LogP contribution in [0.1, 0.15) is 88.5 Å². The molecule has 2 amide bonds. The first-order valence-electron chi connectivity index (χ1n) is 26.8. The smallest absolute Gasteiger partial charge is 0.310 e. The molecule has 4 aliphatic rings. The van der Waals surface area contributed by atoms with Crippen LogP contribution in [-0.4, -0.2) is 83.0 Å². The molecule has 1 aliphatic carbocycles. The average Bonchev–Trinajstić information content (AvgIpc) is 4.30. The third-order valence-electron chi connectivity index (χ3n) is 16.0. The molecule has 14 heteroatoms. The van der Waals surface area contributed by atoms with Crippen molar-refractivity contribution in [2.75, 3.05) is 54.1 Å². The first-order valence-corrected chi connectivity index (χ1v) is 27.2. The van der Waals surface area contributed by atoms with Gasteiger partial charge in [0.25, 0.3) is 0 Å². The van der Waals surface area contributed by atoms with Crippen LogP contribution in [0.3, 0.4) is 0 Å². The lowest BCUT2D eigenvalue weighted by molar-refractivity contribution is -0.138. The summed E-state index contributed by atoms with van der Waals surface area (Å²) in [5, 5.41) is 20.0. The molecule has 2 fully saturated rings. The second kappa shape index (κ2) is 25.7. The van der Waals surface area contributed by atoms with Crippen LogP contribution in [0.2, 0.25) is 5.02 Å². The highest BCUT2D eigenvalue weighted by Crippen LogP contribution is 2.48. The monoisotopic (exact) mass is 1070 g/mol. The molecule has 6 aromatic carbocycles. The molecule has 1 aromatic heterocycles. The van der Waals surface area contributed by atoms with Crippen LogP contribution < -0.4 is 40.6 Å². The van der Waals surface area contributed by atoms with Crippen molar-refractivity contribution in [1.82, 2.24) is 16.0 Å². The van der Waals surface area contributed by atoms with E-state index in [1.165, 1.54) is 11.1 Å². The molecule has 6 N–H and O–H groups in total. The van der Waals surface area contributed by atoms with Crippen molar-refractivity contribution >= 4 is 29.4 Å². The van der Waals surface area contributed by atoms with Crippen molar-refractivity contribution in [2.24, 2.45) is 11.7 Å². The summed E-state index contributed by atoms with van der Waals surface area (Å²) < 4.78 is 27.9. The van der Waals surface area contributed by atoms with Crippen LogP contribution in [0.25, 0.3) is 11.3 Å². The van der Waals surface area contributed by atoms with E-state index in [9.17, 15) is 14.4 Å². The summed E-state index contributed by atoms with van der Waals surface area (Å²) >= 11 is 6.15. The predicted octanol–water partition coefficient (Wildman–Crippen LogP) is 10.6. The van der Waals surface area contributed by atoms with Gasteiger partial charge in [0.15, 0.2) is 11.5 Å². The Labute approximate surface area is 461 Å². The Morgan fingerprint density at radius 2 is 1.37 bits per heavy atom. The highest BCUT2D eigenvalue weighted by atomic mass is 35.5. The second-order valence-electron chi connectivity index (χ2n) is 20.3. The van der Waals surface area contributed by atoms with Crippen LogP contribution in [0.15, 0.2) is 162 Å². The van der Waals surface area contributed by atoms with Gasteiger partial charge in [0, 0.05) is 59.1 Å². The number of primary amides is 1. The molecule has 0 spiro atoms. The van der Waals surface area contributed by atoms with E-state index in [2.05, 4.69) is 64.5 Å². The highest BCUT2D eigenvalue weighted by Gasteiger charge is 2.51. The largest absolute Gasteiger partial charge is 0.497 e. The minimum atomic E-state index is -0.958. The SMILES string of the molecule is COc1ccc(C(Cc2ccc(-c3ccccc3)o2)(C(N)=O)C2CCNCC2c2ccccc2)cc1.COc1ccc2c(c1OC)CCC2C(=O)O.O=C(NC1CCNCC1c1ccccc1)C1CCOc2ccc(Cl)cc21. The number of furan rings is 1. The van der Waals surface area contributed by atoms with Gasteiger partial charge in [-0.1, -0.05) is 121 Å². The molecule has 7 unspecified atom stereocenters. The number of rotatable bonds is 14. The lowest BCUT2D eigenvalue weighted by atomic mass is 9.59. The molecule has 3 aliphatic heterocycles. The summed E-state index contributed by atoms with van der Waals surface area (Å²) in [5.74, 6) is 3.11. The normalized spacial score (nSPS) is 21.0. The fourth-order valence-corrected chi connectivity index (χ4v) is 12.2. The molecule has 0 saturated carbocycles. The first kappa shape index (κ1) is 55.2. The van der Waals surface area contributed by atoms with Crippen molar-refractivity contribution in [3.63, 3.8) is 0 Å². The molecule has 11 rings (SSSR count). The molecule has 7 aromatic rings. The lowest BCUT2D eigenvalue weighted by Gasteiger charge is -2.45. The van der Waals surface area contributed by atoms with E-state index in [1.807, 2.05) is 97.1 Å². The molecule has 7 atom stereocenters. The third-order valence-corrected chi connectivity index (χ3v) is 16.2. The van der Waals surface area contributed by atoms with Crippen molar-refractivity contribution < 1.29 is 42.9 Å². The van der Waals surface area contributed by atoms with Crippen molar-refractivity contribution in [2.45, 2.75) is 73.7 Å². The van der Waals surface area contributed by atoms with Crippen LogP contribution in [0.5, 0.6) is 23.0 Å². The number of hydrogen-bond donors (Lipinski definition) is 5. The predicted molar refractivity (Wildman–Crippen MR) is 303 cm³/mol. The minimum absolute atomic E-state index is 0.0164. The van der Waals surface area contributed by atoms with Gasteiger partial charge in [-0.3, -0.25) is 14.4 Å². The standard InChI is InChI=1S/C31H32N2O3.C21H23ClN2O2.C12H14O4/c1-35-25-14-12-24(13-15-25)31(30(32)34,20-26-16-17-29(36-26)23-10-6-3-7-11-23)28-18-19-33-21-27(28)22-8-4-2-5-9-22;22-15-6-7-20-17(12-15)16(9-11-26-20)21(25)24-19-8-10-23-13-18(19)14-4-2-1-3-5-14;1-15-10-6-5-7-8(11(10)16-2)3-4-9(7)12(13)14/h2-17,27-28,33H,18-21H2,1H3,(H2,32,34);1-7,12,16,18-19,23H,8-11,13H2,(H,24,25);5-6,9H,3-4H2,1-2H3,(H,13,14). The quantitative estimate of drug-likeness (QED) is 0.0699. The lowest BCUT2D eigenvalue weighted by Crippen LogP contribution is -2.54. The molecule has 2 saturated heterocycles. The molecule has 78 heavy (non-hydrogen) atoms. The van der Waals surface area contributed by atoms with E-state index in [-0.39, 0.29) is 41.5 Å². The first-order chi connectivity index (χ1) is 38.0. The minimum Gasteiger partial charge on any atom is -0.497 e. The van der Waals surface area contributed by atoms with Gasteiger partial charge < -0.3 is 50.2 Å². The maximum Gasteiger partial charge on any atom is 0.310 e. The maximum atomic E-state index is 13.7. The Morgan fingerprint density at radius 3 is 2.03 bits per heavy atom. The number of nitrogens with one attached hydrogen (secondary N) is 3. The van der Waals surface area contributed by atoms with Gasteiger partial charge in [0.05, 0.1) is 45.2 Å². The van der Waals surface area contributed by atoms with Crippen molar-refractivity contribution in [1.29, 1.82) is 0 Å². The number of aliphatic carboxylic acids is 1. The number of piperidine rings is 2. The molecule has 4 heterocycles. The average molecular weight is 1070 g/mol. The number of nitrogens with two attached hydrogens (primary N) is 1. The van der Waals surface area contributed by atoms with E-state index in [0.717, 1.165) is 96.3 Å². The Balaban J connectivity index is 0.000000153. The van der Waals surface area contributed by atoms with Gasteiger partial charge in [-0.15, -0.1) is 0 Å². The van der Waals surface area contributed by atoms with Gasteiger partial charge in [-0.2, -0.15) is 0 Å². The third kappa shape index (κ3) is 12.2. The van der Waals surface area contributed by atoms with E-state index in [4.69, 9.17) is 45.8 Å². The number of ether oxygens (including phenoxy) is 4. The number of benzene rings is 6. The second-order valence-corrected chi connectivity index (χ2v) is 20.7. The Morgan fingerprint density at radius 1 is 0.705 bits per heavy atom. The molecular formula is C64H69ClN4O9. The van der Waals surface area contributed by atoms with Gasteiger partial charge in [-0.05, 0) is 122 Å². The molecule has 0 radical (unpaired) electrons. The van der Waals surface area contributed by atoms with E-state index < -0.39 is 17.3 Å². The van der Waals surface area contributed by atoms with Gasteiger partial charge in [0.2, 0.25) is 11.8 Å². The summed E-state index contributed by atoms with van der Waals surface area (Å²) in [6.45, 7) is 3.97. The molecular weight excluding hydrogens is 1000 g/mol. The summed E-state index contributed by atoms with van der Waals surface area (Å²) in [6.07, 6.45) is 4.17. The number of carboxylic acid groups (broad SMARTS) is 1. The van der Waals surface area contributed by atoms with Gasteiger partial charge in [0.1, 0.15) is 23.0 Å². The maximum absolute atomic E-state index is 13.7. The van der Waals surface area contributed by atoms with E-state index in [1.54, 1.807) is 33.5 Å². The number of methoxy groups -OCH3 is 3. The topological polar surface area (TPSA) is 184 Å². The zero-order valence-electron chi connectivity index (χ0n) is 44.4. The molecule has 406 valence electrons. The number of hydrogen-bond acceptors (Lipinski definition) is 10. The Bertz CT molecular complexity index is 3120. The highest BCUT2D eigenvalue weighted by molar-refractivity contribution is 6.30. The summed E-state index contributed by atoms with van der Waals surface area (Å²) in [5.41, 5.74) is 12.5. The fourth-order valence-electron chi connectivity index (χ4n) is 12.0. The number of carbonyl (C=O) groups is 3. The Hall–Kier alpha value is -7.58.